The summed E-state index contributed by atoms with van der Waals surface area (Å²) in [6.07, 6.45) is 7.33. The lowest BCUT2D eigenvalue weighted by atomic mass is 10.0. The molecule has 338 valence electrons. The second-order valence-corrected chi connectivity index (χ2v) is 20.6. The summed E-state index contributed by atoms with van der Waals surface area (Å²) in [4.78, 5) is 63.9. The molecular formula is C46H58N6O10S. The van der Waals surface area contributed by atoms with Gasteiger partial charge in [-0.3, -0.25) is 19.1 Å². The largest absolute Gasteiger partial charge is 0.491 e. The number of alkyl carbamates (subject to hydrolysis) is 1. The standard InChI is InChI=1S/C46H58N6O10S/c1-27(2)59-30-20-18-28(19-21-30)40-49-37-32-15-12-13-17-36(32)61-38(37)42(50-40)60-31-25-35(39(47)53)52(26-31)43(55)34(48-44(56)62-45(3,4)5)16-11-9-7-8-10-14-29-24-33(29)41(54)51-63(57,58)46(6)22-23-46/h10,12-15,17-21,27,29,31,33-35H,7-9,11,16,22-26H2,1-6H3,(H2,47,53)(H,48,56)(H,51,54)/b14-10-/t29-,31-,33+,34+,35+/m1/s1. The Hall–Kier alpha value is -5.71. The van der Waals surface area contributed by atoms with Crippen LogP contribution < -0.4 is 25.2 Å². The van der Waals surface area contributed by atoms with E-state index < -0.39 is 62.4 Å². The van der Waals surface area contributed by atoms with Gasteiger partial charge in [0.1, 0.15) is 40.6 Å². The van der Waals surface area contributed by atoms with E-state index in [0.717, 1.165) is 24.6 Å². The topological polar surface area (TPSA) is 222 Å². The van der Waals surface area contributed by atoms with Gasteiger partial charge in [-0.25, -0.2) is 18.2 Å². The highest BCUT2D eigenvalue weighted by atomic mass is 32.2. The average molecular weight is 887 g/mol. The van der Waals surface area contributed by atoms with Crippen LogP contribution in [0.25, 0.3) is 33.5 Å². The van der Waals surface area contributed by atoms with Crippen LogP contribution in [0.1, 0.15) is 99.3 Å². The van der Waals surface area contributed by atoms with Crippen LogP contribution in [0.5, 0.6) is 11.6 Å². The third kappa shape index (κ3) is 10.9. The summed E-state index contributed by atoms with van der Waals surface area (Å²) in [7, 11) is -3.66. The number of benzene rings is 2. The van der Waals surface area contributed by atoms with Crippen LogP contribution in [0.2, 0.25) is 0 Å². The number of allylic oxidation sites excluding steroid dienone is 2. The molecule has 16 nitrogen and oxygen atoms in total. The zero-order chi connectivity index (χ0) is 45.3. The van der Waals surface area contributed by atoms with E-state index in [1.54, 1.807) is 27.7 Å². The smallest absolute Gasteiger partial charge is 0.408 e. The van der Waals surface area contributed by atoms with E-state index in [1.807, 2.05) is 74.5 Å². The fourth-order valence-electron chi connectivity index (χ4n) is 7.75. The molecule has 2 saturated carbocycles. The quantitative estimate of drug-likeness (QED) is 0.0702. The molecule has 1 saturated heterocycles. The van der Waals surface area contributed by atoms with Crippen LogP contribution in [0, 0.1) is 11.8 Å². The van der Waals surface area contributed by atoms with Gasteiger partial charge in [0, 0.05) is 23.3 Å². The number of hydrogen-bond acceptors (Lipinski definition) is 12. The molecule has 3 aliphatic rings. The molecule has 3 fully saturated rings. The van der Waals surface area contributed by atoms with Gasteiger partial charge in [-0.05, 0) is 122 Å². The Balaban J connectivity index is 1.01. The summed E-state index contributed by atoms with van der Waals surface area (Å²) in [5, 5.41) is 3.50. The molecule has 0 spiro atoms. The van der Waals surface area contributed by atoms with E-state index in [2.05, 4.69) is 10.0 Å². The van der Waals surface area contributed by atoms with Crippen molar-refractivity contribution in [2.45, 2.75) is 134 Å². The molecule has 0 bridgehead atoms. The van der Waals surface area contributed by atoms with Crippen LogP contribution in [0.4, 0.5) is 4.79 Å². The lowest BCUT2D eigenvalue weighted by Gasteiger charge is -2.28. The van der Waals surface area contributed by atoms with Crippen LogP contribution in [-0.4, -0.2) is 88.3 Å². The first-order valence-corrected chi connectivity index (χ1v) is 23.2. The first-order chi connectivity index (χ1) is 29.8. The van der Waals surface area contributed by atoms with Crippen LogP contribution in [0.15, 0.2) is 65.1 Å². The number of unbranched alkanes of at least 4 members (excludes halogenated alkanes) is 3. The van der Waals surface area contributed by atoms with E-state index >= 15 is 0 Å². The Morgan fingerprint density at radius 3 is 2.43 bits per heavy atom. The number of ether oxygens (including phenoxy) is 3. The Morgan fingerprint density at radius 2 is 1.75 bits per heavy atom. The van der Waals surface area contributed by atoms with Crippen molar-refractivity contribution >= 4 is 55.9 Å². The molecule has 2 aromatic carbocycles. The van der Waals surface area contributed by atoms with E-state index in [1.165, 1.54) is 4.90 Å². The maximum absolute atomic E-state index is 14.4. The van der Waals surface area contributed by atoms with Gasteiger partial charge in [-0.2, -0.15) is 4.98 Å². The molecule has 5 atom stereocenters. The van der Waals surface area contributed by atoms with Gasteiger partial charge >= 0.3 is 6.09 Å². The highest BCUT2D eigenvalue weighted by Gasteiger charge is 2.52. The number of hydrogen-bond donors (Lipinski definition) is 3. The highest BCUT2D eigenvalue weighted by molar-refractivity contribution is 7.91. The number of sulfonamides is 1. The van der Waals surface area contributed by atoms with Crippen molar-refractivity contribution in [2.75, 3.05) is 6.54 Å². The monoisotopic (exact) mass is 886 g/mol. The Morgan fingerprint density at radius 1 is 1.02 bits per heavy atom. The zero-order valence-electron chi connectivity index (χ0n) is 36.7. The maximum Gasteiger partial charge on any atom is 0.408 e. The predicted molar refractivity (Wildman–Crippen MR) is 236 cm³/mol. The fourth-order valence-corrected chi connectivity index (χ4v) is 9.06. The number of nitrogens with one attached hydrogen (secondary N) is 2. The molecule has 17 heteroatoms. The molecule has 3 heterocycles. The first kappa shape index (κ1) is 45.3. The number of furan rings is 1. The summed E-state index contributed by atoms with van der Waals surface area (Å²) < 4.78 is 50.4. The first-order valence-electron chi connectivity index (χ1n) is 21.8. The van der Waals surface area contributed by atoms with Gasteiger partial charge in [0.05, 0.1) is 17.4 Å². The number of likely N-dealkylation sites (tertiary alicyclic amines) is 1. The number of aromatic nitrogens is 2. The molecule has 4 aromatic rings. The van der Waals surface area contributed by atoms with Gasteiger partial charge in [0.15, 0.2) is 5.82 Å². The van der Waals surface area contributed by atoms with Gasteiger partial charge in [0.2, 0.25) is 33.3 Å². The van der Waals surface area contributed by atoms with Crippen molar-refractivity contribution in [2.24, 2.45) is 17.6 Å². The second kappa shape index (κ2) is 18.2. The number of carbonyl (C=O) groups excluding carboxylic acids is 4. The third-order valence-corrected chi connectivity index (χ3v) is 13.8. The minimum Gasteiger partial charge on any atom is -0.491 e. The van der Waals surface area contributed by atoms with Crippen molar-refractivity contribution in [1.82, 2.24) is 24.9 Å². The number of para-hydroxylation sites is 1. The Kier molecular flexibility index (Phi) is 13.1. The van der Waals surface area contributed by atoms with Crippen molar-refractivity contribution in [1.29, 1.82) is 0 Å². The van der Waals surface area contributed by atoms with Crippen molar-refractivity contribution < 1.29 is 46.2 Å². The van der Waals surface area contributed by atoms with E-state index in [0.29, 0.717) is 59.5 Å². The minimum atomic E-state index is -3.66. The van der Waals surface area contributed by atoms with Crippen molar-refractivity contribution in [3.05, 3.63) is 60.7 Å². The normalized spacial score (nSPS) is 21.1. The van der Waals surface area contributed by atoms with Crippen LogP contribution in [0.3, 0.4) is 0 Å². The number of primary amides is 1. The molecule has 2 aromatic heterocycles. The second-order valence-electron chi connectivity index (χ2n) is 18.4. The molecule has 7 rings (SSSR count). The lowest BCUT2D eigenvalue weighted by Crippen LogP contribution is -2.53. The van der Waals surface area contributed by atoms with Crippen molar-refractivity contribution in [3.63, 3.8) is 0 Å². The molecule has 1 aliphatic heterocycles. The molecule has 2 aliphatic carbocycles. The highest BCUT2D eigenvalue weighted by Crippen LogP contribution is 2.44. The van der Waals surface area contributed by atoms with E-state index in [9.17, 15) is 27.6 Å². The number of rotatable bonds is 18. The lowest BCUT2D eigenvalue weighted by molar-refractivity contribution is -0.139. The molecule has 4 N–H and O–H groups in total. The molecular weight excluding hydrogens is 829 g/mol. The molecule has 4 amide bonds. The van der Waals surface area contributed by atoms with Crippen LogP contribution in [-0.2, 0) is 29.1 Å². The third-order valence-electron chi connectivity index (χ3n) is 11.6. The molecule has 0 unspecified atom stereocenters. The average Bonchev–Trinajstić information content (AvgIpc) is 4.08. The number of amides is 4. The number of nitrogens with zero attached hydrogens (tertiary/aromatic N) is 3. The number of carbonyl (C=O) groups is 4. The van der Waals surface area contributed by atoms with Gasteiger partial charge in [-0.1, -0.05) is 37.1 Å². The van der Waals surface area contributed by atoms with Crippen molar-refractivity contribution in [3.8, 4) is 23.0 Å². The minimum absolute atomic E-state index is 0.00202. The summed E-state index contributed by atoms with van der Waals surface area (Å²) in [6, 6.07) is 12.8. The predicted octanol–water partition coefficient (Wildman–Crippen LogP) is 6.70. The molecule has 63 heavy (non-hydrogen) atoms. The van der Waals surface area contributed by atoms with E-state index in [4.69, 9.17) is 34.3 Å². The zero-order valence-corrected chi connectivity index (χ0v) is 37.5. The maximum atomic E-state index is 14.4. The summed E-state index contributed by atoms with van der Waals surface area (Å²) >= 11 is 0. The van der Waals surface area contributed by atoms with Gasteiger partial charge in [0.25, 0.3) is 5.88 Å². The Labute approximate surface area is 367 Å². The van der Waals surface area contributed by atoms with E-state index in [-0.39, 0.29) is 43.2 Å². The summed E-state index contributed by atoms with van der Waals surface area (Å²) in [5.41, 5.74) is 7.24. The summed E-state index contributed by atoms with van der Waals surface area (Å²) in [6.45, 7) is 10.7. The Bertz CT molecular complexity index is 2490. The van der Waals surface area contributed by atoms with Gasteiger partial charge < -0.3 is 34.6 Å². The van der Waals surface area contributed by atoms with Gasteiger partial charge in [-0.15, -0.1) is 0 Å². The fraction of sp³-hybridized carbons (Fsp3) is 0.522. The SMILES string of the molecule is CC(C)Oc1ccc(-c2nc(O[C@@H]3C[C@@H](C(N)=O)N(C(=O)[C@H](CCCCC/C=C\[C@@H]4C[C@@H]4C(=O)NS(=O)(=O)C4(C)CC4)NC(=O)OC(C)(C)C)C3)c3oc4ccccc4c3n2)cc1. The van der Waals surface area contributed by atoms with Crippen LogP contribution >= 0.6 is 0 Å². The summed E-state index contributed by atoms with van der Waals surface area (Å²) in [5.74, 6) is -0.770. The molecule has 0 radical (unpaired) electrons. The number of fused-ring (bicyclic) bond motifs is 3. The number of nitrogens with two attached hydrogens (primary N) is 1.